The van der Waals surface area contributed by atoms with Crippen molar-refractivity contribution < 1.29 is 22.7 Å². The minimum atomic E-state index is -4.80. The van der Waals surface area contributed by atoms with Crippen LogP contribution in [0.25, 0.3) is 11.0 Å². The Kier molecular flexibility index (Phi) is 9.22. The molecule has 5 rings (SSSR count). The molecule has 0 spiro atoms. The first kappa shape index (κ1) is 31.0. The summed E-state index contributed by atoms with van der Waals surface area (Å²) in [6, 6.07) is 15.8. The number of aromatic amines is 1. The van der Waals surface area contributed by atoms with Gasteiger partial charge in [-0.1, -0.05) is 40.4 Å². The lowest BCUT2D eigenvalue weighted by Gasteiger charge is -2.11. The van der Waals surface area contributed by atoms with Gasteiger partial charge in [-0.2, -0.15) is 5.21 Å². The number of anilines is 1. The van der Waals surface area contributed by atoms with Gasteiger partial charge in [0.1, 0.15) is 5.75 Å². The number of aryl methyl sites for hydroxylation is 1. The van der Waals surface area contributed by atoms with Gasteiger partial charge in [0, 0.05) is 12.1 Å². The second-order valence-electron chi connectivity index (χ2n) is 9.99. The second-order valence-corrected chi connectivity index (χ2v) is 10.8. The van der Waals surface area contributed by atoms with E-state index in [1.807, 2.05) is 23.2 Å². The number of amides is 1. The van der Waals surface area contributed by atoms with Crippen molar-refractivity contribution in [2.45, 2.75) is 25.9 Å². The number of hydrogen-bond donors (Lipinski definition) is 2. The fourth-order valence-corrected chi connectivity index (χ4v) is 4.85. The maximum Gasteiger partial charge on any atom is 0.573 e. The summed E-state index contributed by atoms with van der Waals surface area (Å²) in [5, 5.41) is 16.4. The summed E-state index contributed by atoms with van der Waals surface area (Å²) in [4.78, 5) is 19.5. The van der Waals surface area contributed by atoms with Crippen molar-refractivity contribution in [3.05, 3.63) is 87.5 Å². The quantitative estimate of drug-likeness (QED) is 0.202. The van der Waals surface area contributed by atoms with Crippen LogP contribution in [0.4, 0.5) is 24.8 Å². The van der Waals surface area contributed by atoms with E-state index >= 15 is 0 Å². The normalized spacial score (nSPS) is 12.3. The maximum absolute atomic E-state index is 12.7. The Bertz CT molecular complexity index is 1820. The number of nitrogens with one attached hydrogen (secondary N) is 2. The summed E-state index contributed by atoms with van der Waals surface area (Å²) in [6.45, 7) is 1.70. The molecule has 0 saturated carbocycles. The number of alkyl halides is 3. The highest BCUT2D eigenvalue weighted by molar-refractivity contribution is 6.42. The van der Waals surface area contributed by atoms with Crippen LogP contribution >= 0.6 is 23.2 Å². The summed E-state index contributed by atoms with van der Waals surface area (Å²) >= 11 is 12.9. The Balaban J connectivity index is 1.57. The smallest absolute Gasteiger partial charge is 0.406 e. The zero-order valence-corrected chi connectivity index (χ0v) is 25.0. The molecule has 0 unspecified atom stereocenters. The first-order valence-electron chi connectivity index (χ1n) is 13.2. The minimum absolute atomic E-state index is 0.0523. The highest BCUT2D eigenvalue weighted by Gasteiger charge is 2.31. The molecular formula is C28H26Cl2F3N9O2. The zero-order valence-electron chi connectivity index (χ0n) is 23.4. The molecule has 3 aromatic carbocycles. The van der Waals surface area contributed by atoms with Crippen LogP contribution in [0.1, 0.15) is 22.3 Å². The molecule has 5 aromatic rings. The highest BCUT2D eigenvalue weighted by atomic mass is 35.5. The van der Waals surface area contributed by atoms with Crippen LogP contribution in [0.5, 0.6) is 5.75 Å². The topological polar surface area (TPSA) is 118 Å². The molecule has 0 atom stereocenters. The van der Waals surface area contributed by atoms with Crippen molar-refractivity contribution in [1.29, 1.82) is 0 Å². The van der Waals surface area contributed by atoms with Gasteiger partial charge in [-0.25, -0.2) is 4.99 Å². The summed E-state index contributed by atoms with van der Waals surface area (Å²) in [7, 11) is 3.96. The van der Waals surface area contributed by atoms with Crippen LogP contribution in [0.15, 0.2) is 65.7 Å². The number of carbonyl (C=O) groups is 1. The molecule has 1 amide bonds. The Hall–Kier alpha value is -4.40. The molecule has 0 aliphatic heterocycles. The van der Waals surface area contributed by atoms with Crippen molar-refractivity contribution in [2.24, 2.45) is 4.99 Å². The van der Waals surface area contributed by atoms with E-state index in [1.54, 1.807) is 36.4 Å². The number of imidazole rings is 1. The number of rotatable bonds is 10. The molecule has 0 radical (unpaired) electrons. The summed E-state index contributed by atoms with van der Waals surface area (Å²) in [6.07, 6.45) is -4.02. The number of hydrogen-bond acceptors (Lipinski definition) is 7. The number of ether oxygens (including phenoxy) is 1. The molecule has 2 N–H and O–H groups in total. The van der Waals surface area contributed by atoms with E-state index in [2.05, 4.69) is 35.6 Å². The Labute approximate surface area is 258 Å². The van der Waals surface area contributed by atoms with Crippen molar-refractivity contribution in [2.75, 3.05) is 26.0 Å². The third-order valence-corrected chi connectivity index (χ3v) is 7.22. The van der Waals surface area contributed by atoms with E-state index in [9.17, 15) is 18.0 Å². The Morgan fingerprint density at radius 3 is 2.27 bits per heavy atom. The number of carbonyl (C=O) groups excluding carboxylic acids is 1. The van der Waals surface area contributed by atoms with E-state index in [0.29, 0.717) is 40.0 Å². The van der Waals surface area contributed by atoms with E-state index in [4.69, 9.17) is 28.2 Å². The molecule has 44 heavy (non-hydrogen) atoms. The zero-order chi connectivity index (χ0) is 31.4. The van der Waals surface area contributed by atoms with Crippen LogP contribution in [-0.2, 0) is 13.1 Å². The lowest BCUT2D eigenvalue weighted by Crippen LogP contribution is -2.27. The van der Waals surface area contributed by atoms with Gasteiger partial charge in [0.25, 0.3) is 11.9 Å². The molecule has 2 aromatic heterocycles. The van der Waals surface area contributed by atoms with Crippen molar-refractivity contribution >= 4 is 51.8 Å². The van der Waals surface area contributed by atoms with Gasteiger partial charge >= 0.3 is 6.36 Å². The fourth-order valence-electron chi connectivity index (χ4n) is 4.53. The highest BCUT2D eigenvalue weighted by Crippen LogP contribution is 2.29. The number of halogens is 5. The van der Waals surface area contributed by atoms with Gasteiger partial charge in [0.05, 0.1) is 33.3 Å². The van der Waals surface area contributed by atoms with Crippen LogP contribution < -0.4 is 15.7 Å². The van der Waals surface area contributed by atoms with Crippen LogP contribution in [0.3, 0.4) is 0 Å². The third kappa shape index (κ3) is 7.56. The lowest BCUT2D eigenvalue weighted by atomic mass is 10.1. The first-order chi connectivity index (χ1) is 21.0. The van der Waals surface area contributed by atoms with Gasteiger partial charge in [-0.05, 0) is 86.4 Å². The van der Waals surface area contributed by atoms with E-state index < -0.39 is 12.3 Å². The van der Waals surface area contributed by atoms with Crippen LogP contribution in [0.2, 0.25) is 10.0 Å². The standard InChI is InChI=1S/C28H26Cl2F3N9O2/c1-40(2)12-3-13-41-23-14-21(29)22(30)15-24(23)42(27(41)34-19-8-10-20(11-9-19)44-28(31,32)33)16-17-4-6-18(7-5-17)25(43)35-26-36-38-39-37-26/h4-11,14-15H,3,12-13,16H2,1-2H3,(H2,35,36,37,38,39,43). The Morgan fingerprint density at radius 2 is 1.68 bits per heavy atom. The molecule has 230 valence electrons. The van der Waals surface area contributed by atoms with Crippen LogP contribution in [-0.4, -0.2) is 67.6 Å². The van der Waals surface area contributed by atoms with E-state index in [0.717, 1.165) is 29.6 Å². The molecule has 0 saturated heterocycles. The van der Waals surface area contributed by atoms with Crippen molar-refractivity contribution in [3.63, 3.8) is 0 Å². The predicted octanol–water partition coefficient (Wildman–Crippen LogP) is 5.65. The molecule has 0 bridgehead atoms. The minimum Gasteiger partial charge on any atom is -0.406 e. The van der Waals surface area contributed by atoms with E-state index in [1.165, 1.54) is 24.3 Å². The van der Waals surface area contributed by atoms with Crippen LogP contribution in [0, 0.1) is 0 Å². The van der Waals surface area contributed by atoms with E-state index in [-0.39, 0.29) is 11.7 Å². The van der Waals surface area contributed by atoms with Gasteiger partial charge in [0.2, 0.25) is 5.62 Å². The predicted molar refractivity (Wildman–Crippen MR) is 159 cm³/mol. The van der Waals surface area contributed by atoms with Gasteiger partial charge in [-0.3, -0.25) is 10.1 Å². The number of fused-ring (bicyclic) bond motifs is 1. The monoisotopic (exact) mass is 647 g/mol. The number of benzene rings is 3. The maximum atomic E-state index is 12.7. The molecule has 16 heteroatoms. The first-order valence-corrected chi connectivity index (χ1v) is 14.0. The fraction of sp³-hybridized carbons (Fsp3) is 0.250. The SMILES string of the molecule is CN(C)CCCn1c(=Nc2ccc(OC(F)(F)F)cc2)n(Cc2ccc(C(=O)Nc3nn[nH]n3)cc2)c2cc(Cl)c(Cl)cc21. The van der Waals surface area contributed by atoms with Gasteiger partial charge < -0.3 is 18.8 Å². The number of H-pyrrole nitrogens is 1. The molecule has 0 fully saturated rings. The summed E-state index contributed by atoms with van der Waals surface area (Å²) in [5.41, 5.74) is 3.70. The second kappa shape index (κ2) is 13.1. The van der Waals surface area contributed by atoms with Gasteiger partial charge in [-0.15, -0.1) is 18.3 Å². The molecule has 0 aliphatic rings. The molecule has 11 nitrogen and oxygen atoms in total. The van der Waals surface area contributed by atoms with Crippen molar-refractivity contribution in [3.8, 4) is 5.75 Å². The number of tetrazole rings is 1. The Morgan fingerprint density at radius 1 is 1.02 bits per heavy atom. The summed E-state index contributed by atoms with van der Waals surface area (Å²) in [5.74, 6) is -0.701. The van der Waals surface area contributed by atoms with Gasteiger partial charge in [0.15, 0.2) is 0 Å². The molecule has 2 heterocycles. The largest absolute Gasteiger partial charge is 0.573 e. The molecular weight excluding hydrogens is 622 g/mol. The number of nitrogens with zero attached hydrogens (tertiary/aromatic N) is 7. The average molecular weight is 648 g/mol. The molecule has 0 aliphatic carbocycles. The average Bonchev–Trinajstić information content (AvgIpc) is 3.56. The van der Waals surface area contributed by atoms with Crippen molar-refractivity contribution in [1.82, 2.24) is 34.7 Å². The summed E-state index contributed by atoms with van der Waals surface area (Å²) < 4.78 is 46.1. The number of aromatic nitrogens is 6. The lowest BCUT2D eigenvalue weighted by molar-refractivity contribution is -0.274. The third-order valence-electron chi connectivity index (χ3n) is 6.50.